The summed E-state index contributed by atoms with van der Waals surface area (Å²) in [5, 5.41) is 7.39. The first-order chi connectivity index (χ1) is 20.8. The molecule has 3 aromatic carbocycles. The average Bonchev–Trinajstić information content (AvgIpc) is 3.60. The van der Waals surface area contributed by atoms with Crippen molar-refractivity contribution in [3.05, 3.63) is 93.9 Å². The number of imidazole rings is 1. The van der Waals surface area contributed by atoms with Gasteiger partial charge in [-0.2, -0.15) is 3.97 Å². The summed E-state index contributed by atoms with van der Waals surface area (Å²) in [6, 6.07) is 18.8. The molecule has 2 saturated heterocycles. The molecule has 2 fully saturated rings. The van der Waals surface area contributed by atoms with Crippen LogP contribution in [-0.4, -0.2) is 73.1 Å². The Morgan fingerprint density at radius 2 is 1.70 bits per heavy atom. The molecule has 2 aliphatic rings. The molecule has 2 N–H and O–H groups in total. The number of piperidine rings is 1. The second kappa shape index (κ2) is 12.2. The van der Waals surface area contributed by atoms with Gasteiger partial charge in [0.15, 0.2) is 0 Å². The predicted octanol–water partition coefficient (Wildman–Crippen LogP) is 3.23. The van der Waals surface area contributed by atoms with Crippen LogP contribution in [0.2, 0.25) is 5.02 Å². The van der Waals surface area contributed by atoms with Crippen LogP contribution in [0.4, 0.5) is 0 Å². The molecule has 0 radical (unpaired) electrons. The van der Waals surface area contributed by atoms with Crippen molar-refractivity contribution >= 4 is 38.6 Å². The number of ether oxygens (including phenoxy) is 1. The van der Waals surface area contributed by atoms with Crippen LogP contribution in [0, 0.1) is 0 Å². The Kier molecular flexibility index (Phi) is 8.32. The first kappa shape index (κ1) is 29.4. The Morgan fingerprint density at radius 1 is 0.977 bits per heavy atom. The number of hydrogen-bond donors (Lipinski definition) is 2. The summed E-state index contributed by atoms with van der Waals surface area (Å²) in [6.07, 6.45) is 2.87. The maximum absolute atomic E-state index is 14.4. The molecule has 2 atom stereocenters. The van der Waals surface area contributed by atoms with E-state index in [4.69, 9.17) is 16.3 Å². The molecule has 12 heteroatoms. The van der Waals surface area contributed by atoms with E-state index >= 15 is 0 Å². The lowest BCUT2D eigenvalue weighted by Crippen LogP contribution is -2.46. The van der Waals surface area contributed by atoms with E-state index in [2.05, 4.69) is 10.6 Å². The van der Waals surface area contributed by atoms with Gasteiger partial charge in [0.1, 0.15) is 11.8 Å². The van der Waals surface area contributed by atoms with Crippen LogP contribution < -0.4 is 21.1 Å². The number of aromatic nitrogens is 2. The van der Waals surface area contributed by atoms with E-state index in [0.29, 0.717) is 35.5 Å². The summed E-state index contributed by atoms with van der Waals surface area (Å²) < 4.78 is 35.1. The smallest absolute Gasteiger partial charge is 0.344 e. The zero-order valence-electron chi connectivity index (χ0n) is 23.8. The topological polar surface area (TPSA) is 115 Å². The zero-order valence-corrected chi connectivity index (χ0v) is 25.4. The molecule has 226 valence electrons. The SMILES string of the molecule is COc1ccc(S(=O)(=O)n2c(=O)n(C(C(=O)N3CC[C@@H](NC4CCNCC4)C3)c3ccccc3)c3cc(Cl)ccc32)cc1. The number of benzene rings is 3. The summed E-state index contributed by atoms with van der Waals surface area (Å²) in [7, 11) is -2.87. The van der Waals surface area contributed by atoms with Crippen LogP contribution >= 0.6 is 11.6 Å². The maximum Gasteiger partial charge on any atom is 0.344 e. The number of likely N-dealkylation sites (tertiary alicyclic amines) is 1. The number of amides is 1. The summed E-state index contributed by atoms with van der Waals surface area (Å²) in [6.45, 7) is 2.98. The molecule has 2 aliphatic heterocycles. The lowest BCUT2D eigenvalue weighted by molar-refractivity contribution is -0.132. The molecule has 3 heterocycles. The van der Waals surface area contributed by atoms with Gasteiger partial charge in [0, 0.05) is 30.2 Å². The molecule has 43 heavy (non-hydrogen) atoms. The van der Waals surface area contributed by atoms with Crippen molar-refractivity contribution in [1.82, 2.24) is 24.1 Å². The molecule has 4 aromatic rings. The lowest BCUT2D eigenvalue weighted by atomic mass is 10.0. The lowest BCUT2D eigenvalue weighted by Gasteiger charge is -2.28. The molecule has 0 bridgehead atoms. The minimum absolute atomic E-state index is 0.0849. The van der Waals surface area contributed by atoms with E-state index in [9.17, 15) is 18.0 Å². The van der Waals surface area contributed by atoms with Gasteiger partial charge in [-0.1, -0.05) is 41.9 Å². The Balaban J connectivity index is 1.44. The Hall–Kier alpha value is -3.64. The van der Waals surface area contributed by atoms with E-state index in [1.165, 1.54) is 54.1 Å². The minimum atomic E-state index is -4.35. The fourth-order valence-electron chi connectivity index (χ4n) is 6.13. The van der Waals surface area contributed by atoms with Gasteiger partial charge in [0.2, 0.25) is 0 Å². The number of fused-ring (bicyclic) bond motifs is 1. The first-order valence-corrected chi connectivity index (χ1v) is 16.2. The van der Waals surface area contributed by atoms with Crippen molar-refractivity contribution in [1.29, 1.82) is 0 Å². The van der Waals surface area contributed by atoms with Gasteiger partial charge in [-0.15, -0.1) is 0 Å². The van der Waals surface area contributed by atoms with Gasteiger partial charge < -0.3 is 20.3 Å². The Bertz CT molecular complexity index is 1780. The molecule has 1 unspecified atom stereocenters. The average molecular weight is 624 g/mol. The summed E-state index contributed by atoms with van der Waals surface area (Å²) in [4.78, 5) is 30.4. The van der Waals surface area contributed by atoms with E-state index in [1.54, 1.807) is 29.2 Å². The largest absolute Gasteiger partial charge is 0.497 e. The monoisotopic (exact) mass is 623 g/mol. The van der Waals surface area contributed by atoms with Gasteiger partial charge >= 0.3 is 5.69 Å². The van der Waals surface area contributed by atoms with Gasteiger partial charge in [0.05, 0.1) is 23.0 Å². The second-order valence-corrected chi connectivity index (χ2v) is 13.2. The zero-order chi connectivity index (χ0) is 30.1. The molecular weight excluding hydrogens is 590 g/mol. The molecule has 0 spiro atoms. The Morgan fingerprint density at radius 3 is 2.40 bits per heavy atom. The normalized spacial score (nSPS) is 18.7. The Labute approximate surface area is 255 Å². The van der Waals surface area contributed by atoms with Crippen LogP contribution in [-0.2, 0) is 14.8 Å². The van der Waals surface area contributed by atoms with E-state index in [0.717, 1.165) is 36.3 Å². The fourth-order valence-corrected chi connectivity index (χ4v) is 7.69. The van der Waals surface area contributed by atoms with Crippen LogP contribution in [0.15, 0.2) is 82.5 Å². The molecule has 0 saturated carbocycles. The molecule has 1 aromatic heterocycles. The first-order valence-electron chi connectivity index (χ1n) is 14.4. The number of nitrogens with zero attached hydrogens (tertiary/aromatic N) is 3. The highest BCUT2D eigenvalue weighted by Crippen LogP contribution is 2.30. The number of carbonyl (C=O) groups is 1. The summed E-state index contributed by atoms with van der Waals surface area (Å²) in [5.41, 5.74) is 0.107. The van der Waals surface area contributed by atoms with Crippen molar-refractivity contribution in [2.24, 2.45) is 0 Å². The number of carbonyl (C=O) groups excluding carboxylic acids is 1. The van der Waals surface area contributed by atoms with E-state index in [1.807, 2.05) is 6.07 Å². The minimum Gasteiger partial charge on any atom is -0.497 e. The molecule has 1 amide bonds. The van der Waals surface area contributed by atoms with Crippen LogP contribution in [0.1, 0.15) is 30.9 Å². The quantitative estimate of drug-likeness (QED) is 0.310. The molecule has 6 rings (SSSR count). The molecular formula is C31H34ClN5O5S. The third kappa shape index (κ3) is 5.70. The van der Waals surface area contributed by atoms with Crippen LogP contribution in [0.3, 0.4) is 0 Å². The predicted molar refractivity (Wildman–Crippen MR) is 165 cm³/mol. The van der Waals surface area contributed by atoms with Crippen molar-refractivity contribution in [2.45, 2.75) is 42.3 Å². The number of hydrogen-bond acceptors (Lipinski definition) is 7. The highest BCUT2D eigenvalue weighted by molar-refractivity contribution is 7.90. The second-order valence-electron chi connectivity index (χ2n) is 11.0. The standard InChI is InChI=1S/C31H34ClN5O5S/c1-42-25-8-10-26(11-9-25)43(40,41)37-27-12-7-22(32)19-28(27)36(31(37)39)29(21-5-3-2-4-6-21)30(38)35-18-15-24(20-35)34-23-13-16-33-17-14-23/h2-12,19,23-24,29,33-34H,13-18,20H2,1H3/t24-,29?/m1/s1. The van der Waals surface area contributed by atoms with Crippen LogP contribution in [0.5, 0.6) is 5.75 Å². The highest BCUT2D eigenvalue weighted by atomic mass is 35.5. The summed E-state index contributed by atoms with van der Waals surface area (Å²) >= 11 is 6.39. The van der Waals surface area contributed by atoms with Crippen molar-refractivity contribution in [3.8, 4) is 5.75 Å². The fraction of sp³-hybridized carbons (Fsp3) is 0.355. The van der Waals surface area contributed by atoms with Crippen molar-refractivity contribution < 1.29 is 17.9 Å². The van der Waals surface area contributed by atoms with Crippen LogP contribution in [0.25, 0.3) is 11.0 Å². The highest BCUT2D eigenvalue weighted by Gasteiger charge is 2.37. The number of rotatable bonds is 8. The van der Waals surface area contributed by atoms with Crippen molar-refractivity contribution in [2.75, 3.05) is 33.3 Å². The van der Waals surface area contributed by atoms with Gasteiger partial charge in [0.25, 0.3) is 15.9 Å². The van der Waals surface area contributed by atoms with Gasteiger partial charge in [-0.25, -0.2) is 13.2 Å². The third-order valence-corrected chi connectivity index (χ3v) is 10.2. The molecule has 0 aliphatic carbocycles. The third-order valence-electron chi connectivity index (χ3n) is 8.31. The number of halogens is 1. The van der Waals surface area contributed by atoms with E-state index in [-0.39, 0.29) is 27.9 Å². The maximum atomic E-state index is 14.4. The van der Waals surface area contributed by atoms with Gasteiger partial charge in [-0.3, -0.25) is 9.36 Å². The molecule has 10 nitrogen and oxygen atoms in total. The van der Waals surface area contributed by atoms with E-state index < -0.39 is 21.8 Å². The number of nitrogens with one attached hydrogen (secondary N) is 2. The van der Waals surface area contributed by atoms with Crippen molar-refractivity contribution in [3.63, 3.8) is 0 Å². The summed E-state index contributed by atoms with van der Waals surface area (Å²) in [5.74, 6) is 0.206. The van der Waals surface area contributed by atoms with Gasteiger partial charge in [-0.05, 0) is 80.4 Å². The number of methoxy groups -OCH3 is 1.